The van der Waals surface area contributed by atoms with E-state index in [2.05, 4.69) is 0 Å². The molecule has 2 aliphatic rings. The zero-order valence-corrected chi connectivity index (χ0v) is 9.78. The fourth-order valence-corrected chi connectivity index (χ4v) is 1.96. The van der Waals surface area contributed by atoms with E-state index in [1.165, 1.54) is 0 Å². The molecule has 0 spiro atoms. The molecule has 0 unspecified atom stereocenters. The van der Waals surface area contributed by atoms with Gasteiger partial charge in [-0.25, -0.2) is 0 Å². The van der Waals surface area contributed by atoms with Crippen LogP contribution in [-0.4, -0.2) is 9.84 Å². The lowest BCUT2D eigenvalue weighted by Crippen LogP contribution is -2.13. The van der Waals surface area contributed by atoms with Gasteiger partial charge in [0.2, 0.25) is 0 Å². The second-order valence-electron chi connectivity index (χ2n) is 4.11. The van der Waals surface area contributed by atoms with Crippen LogP contribution < -0.4 is 4.84 Å². The van der Waals surface area contributed by atoms with Crippen molar-refractivity contribution in [2.24, 2.45) is 0 Å². The number of fused-ring (bicyclic) bond motifs is 1. The summed E-state index contributed by atoms with van der Waals surface area (Å²) >= 11 is 0. The third-order valence-electron chi connectivity index (χ3n) is 2.89. The van der Waals surface area contributed by atoms with Gasteiger partial charge >= 0.3 is 0 Å². The van der Waals surface area contributed by atoms with Crippen LogP contribution in [0.25, 0.3) is 11.3 Å². The number of benzene rings is 1. The Morgan fingerprint density at radius 1 is 0.944 bits per heavy atom. The molecule has 0 bridgehead atoms. The van der Waals surface area contributed by atoms with Crippen LogP contribution in [0.4, 0.5) is 0 Å². The second kappa shape index (κ2) is 4.45. The Hall–Kier alpha value is -2.42. The van der Waals surface area contributed by atoms with E-state index in [1.807, 2.05) is 48.5 Å². The lowest BCUT2D eigenvalue weighted by molar-refractivity contribution is 0.0993. The molecule has 90 valence electrons. The first-order valence-corrected chi connectivity index (χ1v) is 5.81. The molecule has 0 radical (unpaired) electrons. The first-order chi connectivity index (χ1) is 8.84. The molecule has 1 aromatic carbocycles. The Morgan fingerprint density at radius 2 is 1.78 bits per heavy atom. The summed E-state index contributed by atoms with van der Waals surface area (Å²) in [7, 11) is 0. The molecule has 0 amide bonds. The molecule has 1 aliphatic carbocycles. The number of aromatic hydroxyl groups is 1. The lowest BCUT2D eigenvalue weighted by Gasteiger charge is -2.14. The van der Waals surface area contributed by atoms with Gasteiger partial charge in [-0.2, -0.15) is 4.73 Å². The van der Waals surface area contributed by atoms with Crippen molar-refractivity contribution >= 4 is 0 Å². The SMILES string of the molecule is Oc1ccn(OCc2ccccc2)c2cccc1-2. The van der Waals surface area contributed by atoms with E-state index in [0.717, 1.165) is 16.8 Å². The summed E-state index contributed by atoms with van der Waals surface area (Å²) in [5, 5.41) is 9.70. The molecule has 1 N–H and O–H groups in total. The highest BCUT2D eigenvalue weighted by atomic mass is 16.7. The minimum absolute atomic E-state index is 0.273. The molecule has 3 rings (SSSR count). The third kappa shape index (κ3) is 1.91. The number of nitrogens with zero attached hydrogens (tertiary/aromatic N) is 1. The van der Waals surface area contributed by atoms with E-state index in [9.17, 15) is 5.11 Å². The van der Waals surface area contributed by atoms with E-state index in [-0.39, 0.29) is 5.75 Å². The average Bonchev–Trinajstić information content (AvgIpc) is 2.90. The molecule has 1 heterocycles. The fraction of sp³-hybridized carbons (Fsp3) is 0.0667. The van der Waals surface area contributed by atoms with Gasteiger partial charge in [-0.3, -0.25) is 0 Å². The molecular weight excluding hydrogens is 226 g/mol. The van der Waals surface area contributed by atoms with Crippen molar-refractivity contribution < 1.29 is 9.94 Å². The molecule has 1 aliphatic heterocycles. The predicted octanol–water partition coefficient (Wildman–Crippen LogP) is 2.93. The van der Waals surface area contributed by atoms with Gasteiger partial charge in [0.25, 0.3) is 0 Å². The summed E-state index contributed by atoms with van der Waals surface area (Å²) in [6, 6.07) is 17.3. The molecule has 0 saturated carbocycles. The molecule has 0 atom stereocenters. The number of rotatable bonds is 3. The van der Waals surface area contributed by atoms with E-state index in [4.69, 9.17) is 4.84 Å². The number of aromatic nitrogens is 1. The zero-order chi connectivity index (χ0) is 12.4. The van der Waals surface area contributed by atoms with E-state index < -0.39 is 0 Å². The summed E-state index contributed by atoms with van der Waals surface area (Å²) in [6.07, 6.45) is 1.72. The van der Waals surface area contributed by atoms with E-state index in [0.29, 0.717) is 6.61 Å². The molecule has 0 aromatic heterocycles. The molecule has 0 saturated heterocycles. The summed E-state index contributed by atoms with van der Waals surface area (Å²) in [4.78, 5) is 5.72. The van der Waals surface area contributed by atoms with Gasteiger partial charge in [0, 0.05) is 17.8 Å². The number of hydrogen-bond donors (Lipinski definition) is 1. The van der Waals surface area contributed by atoms with Crippen LogP contribution in [0.15, 0.2) is 60.8 Å². The smallest absolute Gasteiger partial charge is 0.140 e. The van der Waals surface area contributed by atoms with Gasteiger partial charge < -0.3 is 9.94 Å². The second-order valence-corrected chi connectivity index (χ2v) is 4.11. The average molecular weight is 239 g/mol. The topological polar surface area (TPSA) is 34.4 Å². The van der Waals surface area contributed by atoms with Gasteiger partial charge in [-0.05, 0) is 17.7 Å². The van der Waals surface area contributed by atoms with Crippen molar-refractivity contribution in [3.05, 3.63) is 66.4 Å². The predicted molar refractivity (Wildman–Crippen MR) is 69.4 cm³/mol. The Balaban J connectivity index is 1.84. The summed E-state index contributed by atoms with van der Waals surface area (Å²) < 4.78 is 1.68. The normalized spacial score (nSPS) is 10.7. The third-order valence-corrected chi connectivity index (χ3v) is 2.89. The van der Waals surface area contributed by atoms with Crippen molar-refractivity contribution in [3.63, 3.8) is 0 Å². The van der Waals surface area contributed by atoms with Gasteiger partial charge in [-0.1, -0.05) is 36.4 Å². The Labute approximate surface area is 105 Å². The van der Waals surface area contributed by atoms with Gasteiger partial charge in [0.15, 0.2) is 0 Å². The van der Waals surface area contributed by atoms with Gasteiger partial charge in [-0.15, -0.1) is 0 Å². The maximum absolute atomic E-state index is 9.70. The zero-order valence-electron chi connectivity index (χ0n) is 9.78. The van der Waals surface area contributed by atoms with Crippen molar-refractivity contribution in [1.82, 2.24) is 4.73 Å². The van der Waals surface area contributed by atoms with Crippen molar-refractivity contribution in [3.8, 4) is 17.0 Å². The van der Waals surface area contributed by atoms with Gasteiger partial charge in [0.05, 0.1) is 5.69 Å². The Morgan fingerprint density at radius 3 is 2.61 bits per heavy atom. The molecular formula is C15H13NO2. The highest BCUT2D eigenvalue weighted by molar-refractivity contribution is 5.69. The first-order valence-electron chi connectivity index (χ1n) is 5.81. The first kappa shape index (κ1) is 10.7. The highest BCUT2D eigenvalue weighted by Gasteiger charge is 2.11. The fourth-order valence-electron chi connectivity index (χ4n) is 1.96. The van der Waals surface area contributed by atoms with Crippen molar-refractivity contribution in [1.29, 1.82) is 0 Å². The standard InChI is InChI=1S/C15H13NO2/c17-15-9-10-16(14-8-4-7-13(14)15)18-11-12-5-2-1-3-6-12/h1-10,17H,11H2. The Bertz CT molecular complexity index is 616. The molecule has 18 heavy (non-hydrogen) atoms. The largest absolute Gasteiger partial charge is 0.507 e. The molecule has 3 heteroatoms. The maximum Gasteiger partial charge on any atom is 0.140 e. The minimum Gasteiger partial charge on any atom is -0.507 e. The summed E-state index contributed by atoms with van der Waals surface area (Å²) in [6.45, 7) is 0.497. The van der Waals surface area contributed by atoms with E-state index in [1.54, 1.807) is 17.0 Å². The van der Waals surface area contributed by atoms with Crippen LogP contribution in [0.2, 0.25) is 0 Å². The molecule has 0 fully saturated rings. The van der Waals surface area contributed by atoms with Gasteiger partial charge in [0.1, 0.15) is 12.4 Å². The molecule has 3 nitrogen and oxygen atoms in total. The maximum atomic E-state index is 9.70. The van der Waals surface area contributed by atoms with E-state index >= 15 is 0 Å². The number of pyridine rings is 1. The van der Waals surface area contributed by atoms with Crippen LogP contribution in [0.3, 0.4) is 0 Å². The van der Waals surface area contributed by atoms with Crippen LogP contribution in [0, 0.1) is 0 Å². The number of hydrogen-bond acceptors (Lipinski definition) is 2. The Kier molecular flexibility index (Phi) is 2.65. The van der Waals surface area contributed by atoms with Crippen molar-refractivity contribution in [2.45, 2.75) is 6.61 Å². The van der Waals surface area contributed by atoms with Crippen LogP contribution in [0.1, 0.15) is 5.56 Å². The monoisotopic (exact) mass is 239 g/mol. The van der Waals surface area contributed by atoms with Crippen molar-refractivity contribution in [2.75, 3.05) is 0 Å². The lowest BCUT2D eigenvalue weighted by atomic mass is 10.2. The molecule has 1 aromatic rings. The summed E-state index contributed by atoms with van der Waals surface area (Å²) in [5.41, 5.74) is 2.77. The minimum atomic E-state index is 0.273. The summed E-state index contributed by atoms with van der Waals surface area (Å²) in [5.74, 6) is 0.273. The quantitative estimate of drug-likeness (QED) is 0.762. The van der Waals surface area contributed by atoms with Crippen LogP contribution in [0.5, 0.6) is 5.75 Å². The van der Waals surface area contributed by atoms with Crippen LogP contribution >= 0.6 is 0 Å². The van der Waals surface area contributed by atoms with Crippen LogP contribution in [-0.2, 0) is 6.61 Å². The highest BCUT2D eigenvalue weighted by Crippen LogP contribution is 2.31.